The molecule has 1 amide bonds. The van der Waals surface area contributed by atoms with Gasteiger partial charge in [-0.15, -0.1) is 0 Å². The van der Waals surface area contributed by atoms with Gasteiger partial charge in [0.15, 0.2) is 5.69 Å². The average molecular weight is 346 g/mol. The molecule has 9 heteroatoms. The molecule has 3 rings (SSSR count). The number of rotatable bonds is 4. The van der Waals surface area contributed by atoms with Crippen molar-refractivity contribution in [2.75, 3.05) is 0 Å². The topological polar surface area (TPSA) is 94.0 Å². The summed E-state index contributed by atoms with van der Waals surface area (Å²) in [5.74, 6) is -1.35. The zero-order valence-corrected chi connectivity index (χ0v) is 12.9. The number of amides is 1. The van der Waals surface area contributed by atoms with E-state index in [9.17, 15) is 17.6 Å². The smallest absolute Gasteiger partial charge is 0.266 e. The highest BCUT2D eigenvalue weighted by Crippen LogP contribution is 2.11. The fourth-order valence-electron chi connectivity index (χ4n) is 1.95. The van der Waals surface area contributed by atoms with Gasteiger partial charge >= 0.3 is 0 Å². The zero-order valence-electron chi connectivity index (χ0n) is 12.1. The van der Waals surface area contributed by atoms with E-state index in [1.54, 1.807) is 6.07 Å². The lowest BCUT2D eigenvalue weighted by molar-refractivity contribution is 0.0976. The van der Waals surface area contributed by atoms with Crippen molar-refractivity contribution in [3.05, 3.63) is 72.6 Å². The van der Waals surface area contributed by atoms with E-state index in [2.05, 4.69) is 10.1 Å². The summed E-state index contributed by atoms with van der Waals surface area (Å²) < 4.78 is 40.6. The number of halogens is 1. The maximum absolute atomic E-state index is 13.2. The number of hydrogen-bond donors (Lipinski definition) is 1. The van der Waals surface area contributed by atoms with Crippen LogP contribution in [0.5, 0.6) is 0 Å². The third-order valence-corrected chi connectivity index (χ3v) is 4.38. The first-order valence-corrected chi connectivity index (χ1v) is 8.23. The molecule has 0 fully saturated rings. The summed E-state index contributed by atoms with van der Waals surface area (Å²) >= 11 is 0. The minimum atomic E-state index is -4.04. The molecule has 1 aromatic carbocycles. The first-order chi connectivity index (χ1) is 11.5. The van der Waals surface area contributed by atoms with Crippen LogP contribution in [0.15, 0.2) is 66.0 Å². The van der Waals surface area contributed by atoms with Crippen molar-refractivity contribution in [2.45, 2.75) is 4.90 Å². The van der Waals surface area contributed by atoms with E-state index in [-0.39, 0.29) is 10.6 Å². The first-order valence-electron chi connectivity index (χ1n) is 6.74. The van der Waals surface area contributed by atoms with Crippen molar-refractivity contribution in [1.82, 2.24) is 19.5 Å². The van der Waals surface area contributed by atoms with Crippen LogP contribution in [0.2, 0.25) is 0 Å². The van der Waals surface area contributed by atoms with Crippen LogP contribution in [0, 0.1) is 5.82 Å². The summed E-state index contributed by atoms with van der Waals surface area (Å²) in [5, 5.41) is 3.96. The summed E-state index contributed by atoms with van der Waals surface area (Å²) in [5.41, 5.74) is 0.288. The summed E-state index contributed by atoms with van der Waals surface area (Å²) in [7, 11) is -4.04. The Bertz CT molecular complexity index is 987. The number of pyridine rings is 1. The predicted molar refractivity (Wildman–Crippen MR) is 82.4 cm³/mol. The van der Waals surface area contributed by atoms with Gasteiger partial charge < -0.3 is 0 Å². The van der Waals surface area contributed by atoms with Gasteiger partial charge in [-0.3, -0.25) is 9.78 Å². The summed E-state index contributed by atoms with van der Waals surface area (Å²) in [6, 6.07) is 9.70. The van der Waals surface area contributed by atoms with Gasteiger partial charge in [-0.05, 0) is 36.4 Å². The Morgan fingerprint density at radius 2 is 2.00 bits per heavy atom. The van der Waals surface area contributed by atoms with Crippen LogP contribution in [-0.4, -0.2) is 29.1 Å². The maximum Gasteiger partial charge on any atom is 0.285 e. The quantitative estimate of drug-likeness (QED) is 0.773. The van der Waals surface area contributed by atoms with Gasteiger partial charge in [-0.2, -0.15) is 5.10 Å². The number of sulfonamides is 1. The highest BCUT2D eigenvalue weighted by Gasteiger charge is 2.20. The Labute approximate surface area is 136 Å². The van der Waals surface area contributed by atoms with Crippen molar-refractivity contribution in [3.63, 3.8) is 0 Å². The standard InChI is InChI=1S/C15H11FN4O3S/c16-11-3-1-4-12(9-11)20-8-6-14(18-20)15(21)19-24(22,23)13-5-2-7-17-10-13/h1-10H,(H,19,21). The number of carbonyl (C=O) groups is 1. The second kappa shape index (κ2) is 6.20. The van der Waals surface area contributed by atoms with Gasteiger partial charge in [0.2, 0.25) is 0 Å². The molecule has 0 aliphatic heterocycles. The Balaban J connectivity index is 1.82. The average Bonchev–Trinajstić information content (AvgIpc) is 3.05. The molecule has 0 aliphatic carbocycles. The lowest BCUT2D eigenvalue weighted by Gasteiger charge is -2.05. The van der Waals surface area contributed by atoms with Crippen LogP contribution in [0.4, 0.5) is 4.39 Å². The Morgan fingerprint density at radius 3 is 2.71 bits per heavy atom. The van der Waals surface area contributed by atoms with E-state index in [1.807, 2.05) is 4.72 Å². The summed E-state index contributed by atoms with van der Waals surface area (Å²) in [4.78, 5) is 15.6. The molecule has 2 aromatic heterocycles. The van der Waals surface area contributed by atoms with Gasteiger partial charge in [0.05, 0.1) is 5.69 Å². The van der Waals surface area contributed by atoms with E-state index >= 15 is 0 Å². The highest BCUT2D eigenvalue weighted by atomic mass is 32.2. The number of nitrogens with zero attached hydrogens (tertiary/aromatic N) is 3. The number of aromatic nitrogens is 3. The molecule has 3 aromatic rings. The molecule has 24 heavy (non-hydrogen) atoms. The number of nitrogens with one attached hydrogen (secondary N) is 1. The molecule has 0 saturated carbocycles. The summed E-state index contributed by atoms with van der Waals surface area (Å²) in [6.45, 7) is 0. The van der Waals surface area contributed by atoms with Gasteiger partial charge in [-0.25, -0.2) is 22.2 Å². The Morgan fingerprint density at radius 1 is 1.17 bits per heavy atom. The zero-order chi connectivity index (χ0) is 17.2. The van der Waals surface area contributed by atoms with Gasteiger partial charge in [0.25, 0.3) is 15.9 Å². The number of benzene rings is 1. The molecule has 0 aliphatic rings. The van der Waals surface area contributed by atoms with Crippen molar-refractivity contribution in [3.8, 4) is 5.69 Å². The first kappa shape index (κ1) is 15.8. The van der Waals surface area contributed by atoms with Crippen LogP contribution in [0.1, 0.15) is 10.5 Å². The molecule has 122 valence electrons. The van der Waals surface area contributed by atoms with E-state index in [1.165, 1.54) is 53.5 Å². The van der Waals surface area contributed by atoms with Crippen LogP contribution >= 0.6 is 0 Å². The highest BCUT2D eigenvalue weighted by molar-refractivity contribution is 7.90. The minimum absolute atomic E-state index is 0.119. The van der Waals surface area contributed by atoms with Gasteiger partial charge in [-0.1, -0.05) is 6.07 Å². The van der Waals surface area contributed by atoms with E-state index < -0.39 is 21.7 Å². The fourth-order valence-corrected chi connectivity index (χ4v) is 2.87. The minimum Gasteiger partial charge on any atom is -0.266 e. The van der Waals surface area contributed by atoms with Crippen molar-refractivity contribution < 1.29 is 17.6 Å². The normalized spacial score (nSPS) is 11.2. The molecular formula is C15H11FN4O3S. The van der Waals surface area contributed by atoms with Gasteiger partial charge in [0, 0.05) is 18.6 Å². The molecule has 0 radical (unpaired) electrons. The molecule has 2 heterocycles. The molecule has 1 N–H and O–H groups in total. The second-order valence-electron chi connectivity index (χ2n) is 4.75. The third-order valence-electron chi connectivity index (χ3n) is 3.07. The molecule has 0 bridgehead atoms. The van der Waals surface area contributed by atoms with Crippen molar-refractivity contribution in [2.24, 2.45) is 0 Å². The maximum atomic E-state index is 13.2. The van der Waals surface area contributed by atoms with E-state index in [4.69, 9.17) is 0 Å². The van der Waals surface area contributed by atoms with Crippen LogP contribution < -0.4 is 4.72 Å². The van der Waals surface area contributed by atoms with Crippen molar-refractivity contribution >= 4 is 15.9 Å². The Hall–Kier alpha value is -3.07. The monoisotopic (exact) mass is 346 g/mol. The van der Waals surface area contributed by atoms with Crippen LogP contribution in [0.3, 0.4) is 0 Å². The van der Waals surface area contributed by atoms with Crippen LogP contribution in [0.25, 0.3) is 5.69 Å². The molecule has 0 atom stereocenters. The summed E-state index contributed by atoms with van der Waals surface area (Å²) in [6.07, 6.45) is 3.98. The number of hydrogen-bond acceptors (Lipinski definition) is 5. The Kier molecular flexibility index (Phi) is 4.09. The SMILES string of the molecule is O=C(NS(=O)(=O)c1cccnc1)c1ccn(-c2cccc(F)c2)n1. The second-order valence-corrected chi connectivity index (χ2v) is 6.43. The van der Waals surface area contributed by atoms with E-state index in [0.717, 1.165) is 6.20 Å². The van der Waals surface area contributed by atoms with Crippen LogP contribution in [-0.2, 0) is 10.0 Å². The molecule has 0 unspecified atom stereocenters. The predicted octanol–water partition coefficient (Wildman–Crippen LogP) is 1.53. The largest absolute Gasteiger partial charge is 0.285 e. The van der Waals surface area contributed by atoms with Crippen molar-refractivity contribution in [1.29, 1.82) is 0 Å². The lowest BCUT2D eigenvalue weighted by Crippen LogP contribution is -2.31. The number of carbonyl (C=O) groups excluding carboxylic acids is 1. The van der Waals surface area contributed by atoms with E-state index in [0.29, 0.717) is 5.69 Å². The fraction of sp³-hybridized carbons (Fsp3) is 0. The molecular weight excluding hydrogens is 335 g/mol. The molecule has 7 nitrogen and oxygen atoms in total. The molecule has 0 saturated heterocycles. The molecule has 0 spiro atoms. The lowest BCUT2D eigenvalue weighted by atomic mass is 10.3. The third kappa shape index (κ3) is 3.30. The van der Waals surface area contributed by atoms with Gasteiger partial charge in [0.1, 0.15) is 10.7 Å².